The lowest BCUT2D eigenvalue weighted by molar-refractivity contribution is 1.27. The van der Waals surface area contributed by atoms with Crippen molar-refractivity contribution in [2.75, 3.05) is 0 Å². The molecule has 6 heavy (non-hydrogen) atoms. The van der Waals surface area contributed by atoms with Crippen LogP contribution in [0.3, 0.4) is 0 Å². The molecule has 0 rings (SSSR count). The quantitative estimate of drug-likeness (QED) is 0.305. The number of aliphatic imine (C=N–C) groups is 1. The van der Waals surface area contributed by atoms with Crippen molar-refractivity contribution in [2.24, 2.45) is 4.99 Å². The van der Waals surface area contributed by atoms with Gasteiger partial charge in [0.05, 0.1) is 0 Å². The number of hydrogen-bond acceptors (Lipinski definition) is 1. The van der Waals surface area contributed by atoms with Crippen LogP contribution < -0.4 is 0 Å². The van der Waals surface area contributed by atoms with E-state index in [-0.39, 0.29) is 0 Å². The van der Waals surface area contributed by atoms with Gasteiger partial charge >= 0.3 is 0 Å². The molecule has 0 radical (unpaired) electrons. The van der Waals surface area contributed by atoms with E-state index in [0.717, 1.165) is 6.42 Å². The Balaban J connectivity index is 3.13. The van der Waals surface area contributed by atoms with Gasteiger partial charge in [0, 0.05) is 19.2 Å². The molecular formula is C5H7N. The lowest BCUT2D eigenvalue weighted by Crippen LogP contribution is -1.48. The third kappa shape index (κ3) is 3.23. The molecule has 1 heteroatoms. The number of nitrogens with zero attached hydrogens (tertiary/aromatic N) is 1. The highest BCUT2D eigenvalue weighted by Crippen LogP contribution is 1.64. The lowest BCUT2D eigenvalue weighted by atomic mass is 10.5. The van der Waals surface area contributed by atoms with Crippen LogP contribution in [0.4, 0.5) is 0 Å². The van der Waals surface area contributed by atoms with E-state index in [1.807, 2.05) is 6.92 Å². The Morgan fingerprint density at radius 3 is 2.67 bits per heavy atom. The van der Waals surface area contributed by atoms with Crippen LogP contribution in [0.15, 0.2) is 4.99 Å². The Bertz CT molecular complexity index is 83.8. The zero-order valence-corrected chi connectivity index (χ0v) is 3.86. The van der Waals surface area contributed by atoms with Crippen LogP contribution in [0.5, 0.6) is 0 Å². The molecule has 0 heterocycles. The standard InChI is InChI=1S/C5H7N/c1-3-4-5-6-2/h2-3H2,1H3. The first kappa shape index (κ1) is 5.23. The molecular weight excluding hydrogens is 74.1 g/mol. The van der Waals surface area contributed by atoms with Crippen molar-refractivity contribution >= 4 is 6.72 Å². The molecule has 0 N–H and O–H groups in total. The Hall–Kier alpha value is -0.770. The average Bonchev–Trinajstić information content (AvgIpc) is 1.61. The van der Waals surface area contributed by atoms with Crippen molar-refractivity contribution in [3.05, 3.63) is 0 Å². The second-order valence-electron chi connectivity index (χ2n) is 0.800. The van der Waals surface area contributed by atoms with E-state index >= 15 is 0 Å². The normalized spacial score (nSPS) is 5.50. The summed E-state index contributed by atoms with van der Waals surface area (Å²) in [6, 6.07) is 2.46. The van der Waals surface area contributed by atoms with Gasteiger partial charge in [-0.1, -0.05) is 12.8 Å². The minimum atomic E-state index is 0.860. The average molecular weight is 81.1 g/mol. The molecule has 0 aromatic heterocycles. The van der Waals surface area contributed by atoms with Crippen molar-refractivity contribution in [1.29, 1.82) is 0 Å². The Morgan fingerprint density at radius 1 is 1.83 bits per heavy atom. The van der Waals surface area contributed by atoms with E-state index in [4.69, 9.17) is 0 Å². The molecule has 0 bridgehead atoms. The maximum Gasteiger partial charge on any atom is 0.0330 e. The maximum absolute atomic E-state index is 3.31. The fraction of sp³-hybridized carbons (Fsp3) is 0.400. The topological polar surface area (TPSA) is 12.4 Å². The Kier molecular flexibility index (Phi) is 3.69. The van der Waals surface area contributed by atoms with Crippen LogP contribution in [0.25, 0.3) is 0 Å². The largest absolute Gasteiger partial charge is 0.214 e. The molecule has 0 fully saturated rings. The molecule has 0 aliphatic heterocycles. The van der Waals surface area contributed by atoms with Crippen LogP contribution >= 0.6 is 0 Å². The van der Waals surface area contributed by atoms with Gasteiger partial charge in [-0.05, 0) is 0 Å². The molecule has 0 saturated carbocycles. The smallest absolute Gasteiger partial charge is 0.0330 e. The second kappa shape index (κ2) is 4.23. The summed E-state index contributed by atoms with van der Waals surface area (Å²) >= 11 is 0. The van der Waals surface area contributed by atoms with Crippen molar-refractivity contribution in [3.8, 4) is 12.0 Å². The van der Waals surface area contributed by atoms with Gasteiger partial charge in [-0.3, -0.25) is 0 Å². The highest BCUT2D eigenvalue weighted by atomic mass is 14.6. The summed E-state index contributed by atoms with van der Waals surface area (Å²) in [7, 11) is 0. The van der Waals surface area contributed by atoms with E-state index in [9.17, 15) is 0 Å². The molecule has 32 valence electrons. The lowest BCUT2D eigenvalue weighted by Gasteiger charge is -1.60. The van der Waals surface area contributed by atoms with Gasteiger partial charge in [0.15, 0.2) is 0 Å². The van der Waals surface area contributed by atoms with Gasteiger partial charge in [-0.25, -0.2) is 4.99 Å². The van der Waals surface area contributed by atoms with E-state index in [1.54, 1.807) is 0 Å². The molecule has 0 aromatic rings. The number of hydrogen-bond donors (Lipinski definition) is 0. The van der Waals surface area contributed by atoms with E-state index in [2.05, 4.69) is 23.7 Å². The fourth-order valence-electron chi connectivity index (χ4n) is 0.135. The first-order valence-corrected chi connectivity index (χ1v) is 1.85. The summed E-state index contributed by atoms with van der Waals surface area (Å²) in [6.45, 7) is 5.14. The first-order chi connectivity index (χ1) is 2.91. The van der Waals surface area contributed by atoms with Crippen LogP contribution in [0.2, 0.25) is 0 Å². The van der Waals surface area contributed by atoms with Crippen molar-refractivity contribution < 1.29 is 0 Å². The van der Waals surface area contributed by atoms with Gasteiger partial charge in [-0.2, -0.15) is 0 Å². The zero-order valence-electron chi connectivity index (χ0n) is 3.86. The summed E-state index contributed by atoms with van der Waals surface area (Å²) in [4.78, 5) is 3.31. The maximum atomic E-state index is 3.31. The minimum Gasteiger partial charge on any atom is -0.214 e. The molecule has 0 aliphatic rings. The highest BCUT2D eigenvalue weighted by molar-refractivity contribution is 5.27. The SMILES string of the molecule is C=NC#CCC. The molecule has 0 unspecified atom stereocenters. The fourth-order valence-corrected chi connectivity index (χ4v) is 0.135. The van der Waals surface area contributed by atoms with Crippen LogP contribution in [0, 0.1) is 12.0 Å². The minimum absolute atomic E-state index is 0.860. The van der Waals surface area contributed by atoms with Gasteiger partial charge in [0.2, 0.25) is 0 Å². The van der Waals surface area contributed by atoms with Gasteiger partial charge < -0.3 is 0 Å². The van der Waals surface area contributed by atoms with Gasteiger partial charge in [0.1, 0.15) is 0 Å². The van der Waals surface area contributed by atoms with Crippen LogP contribution in [-0.4, -0.2) is 6.72 Å². The van der Waals surface area contributed by atoms with Crippen LogP contribution in [-0.2, 0) is 0 Å². The van der Waals surface area contributed by atoms with Crippen molar-refractivity contribution in [1.82, 2.24) is 0 Å². The van der Waals surface area contributed by atoms with Gasteiger partial charge in [-0.15, -0.1) is 0 Å². The van der Waals surface area contributed by atoms with Gasteiger partial charge in [0.25, 0.3) is 0 Å². The summed E-state index contributed by atoms with van der Waals surface area (Å²) in [5, 5.41) is 0. The third-order valence-electron chi connectivity index (χ3n) is 0.335. The van der Waals surface area contributed by atoms with Crippen molar-refractivity contribution in [2.45, 2.75) is 13.3 Å². The van der Waals surface area contributed by atoms with Crippen LogP contribution in [0.1, 0.15) is 13.3 Å². The van der Waals surface area contributed by atoms with E-state index < -0.39 is 0 Å². The predicted molar refractivity (Wildman–Crippen MR) is 27.6 cm³/mol. The first-order valence-electron chi connectivity index (χ1n) is 1.85. The Labute approximate surface area is 38.1 Å². The molecule has 0 amide bonds. The predicted octanol–water partition coefficient (Wildman–Crippen LogP) is 1.06. The summed E-state index contributed by atoms with van der Waals surface area (Å²) in [5.74, 6) is 2.72. The summed E-state index contributed by atoms with van der Waals surface area (Å²) in [6.07, 6.45) is 0.860. The van der Waals surface area contributed by atoms with E-state index in [1.165, 1.54) is 0 Å². The second-order valence-corrected chi connectivity index (χ2v) is 0.800. The monoisotopic (exact) mass is 81.1 g/mol. The number of rotatable bonds is 0. The highest BCUT2D eigenvalue weighted by Gasteiger charge is 1.52. The third-order valence-corrected chi connectivity index (χ3v) is 0.335. The van der Waals surface area contributed by atoms with Crippen molar-refractivity contribution in [3.63, 3.8) is 0 Å². The summed E-state index contributed by atoms with van der Waals surface area (Å²) < 4.78 is 0. The summed E-state index contributed by atoms with van der Waals surface area (Å²) in [5.41, 5.74) is 0. The molecule has 0 aliphatic carbocycles. The molecule has 0 spiro atoms. The molecule has 0 atom stereocenters. The molecule has 1 nitrogen and oxygen atoms in total. The molecule has 0 aromatic carbocycles. The van der Waals surface area contributed by atoms with E-state index in [0.29, 0.717) is 0 Å². The zero-order chi connectivity index (χ0) is 4.83. The Morgan fingerprint density at radius 2 is 2.50 bits per heavy atom. The molecule has 0 saturated heterocycles.